The molecule has 0 atom stereocenters. The number of halogens is 2. The largest absolute Gasteiger partial charge is 0.492 e. The van der Waals surface area contributed by atoms with Gasteiger partial charge in [0.2, 0.25) is 0 Å². The van der Waals surface area contributed by atoms with Crippen LogP contribution >= 0.6 is 24.0 Å². The topological polar surface area (TPSA) is 33.6 Å². The highest BCUT2D eigenvalue weighted by Gasteiger charge is 2.21. The number of benzene rings is 3. The molecule has 0 radical (unpaired) electrons. The lowest BCUT2D eigenvalue weighted by molar-refractivity contribution is 0.310. The van der Waals surface area contributed by atoms with E-state index in [2.05, 4.69) is 59.7 Å². The molecule has 0 spiro atoms. The summed E-state index contributed by atoms with van der Waals surface area (Å²) in [7, 11) is 0. The van der Waals surface area contributed by atoms with Crippen LogP contribution in [0.25, 0.3) is 21.9 Å². The summed E-state index contributed by atoms with van der Waals surface area (Å²) in [5.41, 5.74) is 3.24. The van der Waals surface area contributed by atoms with Crippen molar-refractivity contribution < 1.29 is 4.74 Å². The zero-order chi connectivity index (χ0) is 18.6. The monoisotopic (exact) mass is 414 g/mol. The second kappa shape index (κ2) is 9.31. The first-order valence-corrected chi connectivity index (χ1v) is 9.89. The number of rotatable bonds is 6. The van der Waals surface area contributed by atoms with E-state index in [9.17, 15) is 0 Å². The summed E-state index contributed by atoms with van der Waals surface area (Å²) in [5.74, 6) is 1.82. The normalized spacial score (nSPS) is 13.0. The second-order valence-electron chi connectivity index (χ2n) is 6.72. The SMILES string of the molecule is CCCCOc1c(C2=NCCN2)cc2ccccc2c1-c1ccc(Cl)cc1.Cl. The minimum atomic E-state index is 0. The maximum absolute atomic E-state index is 6.36. The van der Waals surface area contributed by atoms with Crippen LogP contribution < -0.4 is 10.1 Å². The van der Waals surface area contributed by atoms with Gasteiger partial charge in [-0.25, -0.2) is 0 Å². The van der Waals surface area contributed by atoms with Crippen molar-refractivity contribution in [2.75, 3.05) is 19.7 Å². The molecule has 0 amide bonds. The highest BCUT2D eigenvalue weighted by Crippen LogP contribution is 2.41. The molecular weight excluding hydrogens is 391 g/mol. The van der Waals surface area contributed by atoms with Gasteiger partial charge in [-0.3, -0.25) is 4.99 Å². The Kier molecular flexibility index (Phi) is 6.82. The Morgan fingerprint density at radius 3 is 2.61 bits per heavy atom. The molecule has 3 aromatic carbocycles. The summed E-state index contributed by atoms with van der Waals surface area (Å²) in [6.45, 7) is 4.53. The number of hydrogen-bond donors (Lipinski definition) is 1. The van der Waals surface area contributed by atoms with Crippen LogP contribution in [0.5, 0.6) is 5.75 Å². The van der Waals surface area contributed by atoms with Gasteiger partial charge in [0.15, 0.2) is 0 Å². The zero-order valence-electron chi connectivity index (χ0n) is 15.9. The van der Waals surface area contributed by atoms with Gasteiger partial charge in [0.05, 0.1) is 18.7 Å². The smallest absolute Gasteiger partial charge is 0.138 e. The zero-order valence-corrected chi connectivity index (χ0v) is 17.4. The van der Waals surface area contributed by atoms with E-state index in [0.717, 1.165) is 59.2 Å². The lowest BCUT2D eigenvalue weighted by Gasteiger charge is -2.19. The lowest BCUT2D eigenvalue weighted by Crippen LogP contribution is -2.21. The first-order valence-electron chi connectivity index (χ1n) is 9.51. The Labute approximate surface area is 177 Å². The molecule has 146 valence electrons. The van der Waals surface area contributed by atoms with Gasteiger partial charge in [-0.1, -0.05) is 61.3 Å². The van der Waals surface area contributed by atoms with Crippen molar-refractivity contribution in [3.8, 4) is 16.9 Å². The average molecular weight is 415 g/mol. The van der Waals surface area contributed by atoms with Crippen LogP contribution in [0.15, 0.2) is 59.6 Å². The minimum Gasteiger partial charge on any atom is -0.492 e. The summed E-state index contributed by atoms with van der Waals surface area (Å²) < 4.78 is 6.36. The molecule has 4 rings (SSSR count). The highest BCUT2D eigenvalue weighted by molar-refractivity contribution is 6.30. The number of fused-ring (bicyclic) bond motifs is 1. The fourth-order valence-corrected chi connectivity index (χ4v) is 3.58. The number of ether oxygens (including phenoxy) is 1. The van der Waals surface area contributed by atoms with Crippen molar-refractivity contribution in [3.63, 3.8) is 0 Å². The molecule has 3 nitrogen and oxygen atoms in total. The first kappa shape index (κ1) is 20.5. The summed E-state index contributed by atoms with van der Waals surface area (Å²) in [6.07, 6.45) is 2.12. The van der Waals surface area contributed by atoms with Crippen molar-refractivity contribution in [1.82, 2.24) is 5.32 Å². The quantitative estimate of drug-likeness (QED) is 0.493. The molecular formula is C23H24Cl2N2O. The Bertz CT molecular complexity index is 984. The molecule has 1 heterocycles. The predicted molar refractivity (Wildman–Crippen MR) is 121 cm³/mol. The maximum atomic E-state index is 6.36. The Balaban J connectivity index is 0.00000225. The van der Waals surface area contributed by atoms with Gasteiger partial charge < -0.3 is 10.1 Å². The standard InChI is InChI=1S/C23H23ClN2O.ClH/c1-2-3-14-27-22-20(23-25-12-13-26-23)15-17-6-4-5-7-19(17)21(22)16-8-10-18(24)11-9-16;/h4-11,15H,2-3,12-14H2,1H3,(H,25,26);1H. The third kappa shape index (κ3) is 4.11. The summed E-state index contributed by atoms with van der Waals surface area (Å²) in [5, 5.41) is 6.49. The lowest BCUT2D eigenvalue weighted by atomic mass is 9.93. The number of hydrogen-bond acceptors (Lipinski definition) is 3. The molecule has 1 N–H and O–H groups in total. The molecule has 3 aromatic rings. The van der Waals surface area contributed by atoms with Crippen LogP contribution in [0.1, 0.15) is 25.3 Å². The van der Waals surface area contributed by atoms with Crippen molar-refractivity contribution in [2.24, 2.45) is 4.99 Å². The van der Waals surface area contributed by atoms with Gasteiger partial charge >= 0.3 is 0 Å². The van der Waals surface area contributed by atoms with E-state index < -0.39 is 0 Å². The number of nitrogens with one attached hydrogen (secondary N) is 1. The molecule has 1 aliphatic heterocycles. The molecule has 28 heavy (non-hydrogen) atoms. The van der Waals surface area contributed by atoms with Gasteiger partial charge in [0.25, 0.3) is 0 Å². The second-order valence-corrected chi connectivity index (χ2v) is 7.15. The molecule has 0 aromatic heterocycles. The molecule has 1 aliphatic rings. The molecule has 0 fully saturated rings. The van der Waals surface area contributed by atoms with Gasteiger partial charge in [-0.05, 0) is 41.0 Å². The first-order chi connectivity index (χ1) is 13.3. The Hall–Kier alpha value is -2.23. The molecule has 0 bridgehead atoms. The number of nitrogens with zero attached hydrogens (tertiary/aromatic N) is 1. The van der Waals surface area contributed by atoms with E-state index in [1.165, 1.54) is 10.8 Å². The Morgan fingerprint density at radius 1 is 1.11 bits per heavy atom. The van der Waals surface area contributed by atoms with Gasteiger partial charge in [-0.15, -0.1) is 12.4 Å². The van der Waals surface area contributed by atoms with Gasteiger partial charge in [0, 0.05) is 17.1 Å². The Morgan fingerprint density at radius 2 is 1.89 bits per heavy atom. The van der Waals surface area contributed by atoms with E-state index in [-0.39, 0.29) is 12.4 Å². The van der Waals surface area contributed by atoms with E-state index in [1.807, 2.05) is 12.1 Å². The molecule has 0 saturated carbocycles. The van der Waals surface area contributed by atoms with Crippen molar-refractivity contribution in [1.29, 1.82) is 0 Å². The van der Waals surface area contributed by atoms with E-state index in [4.69, 9.17) is 16.3 Å². The van der Waals surface area contributed by atoms with Crippen LogP contribution in [0.4, 0.5) is 0 Å². The molecule has 0 unspecified atom stereocenters. The summed E-state index contributed by atoms with van der Waals surface area (Å²) >= 11 is 6.13. The number of aliphatic imine (C=N–C) groups is 1. The molecule has 0 saturated heterocycles. The summed E-state index contributed by atoms with van der Waals surface area (Å²) in [4.78, 5) is 4.65. The fourth-order valence-electron chi connectivity index (χ4n) is 3.45. The van der Waals surface area contributed by atoms with Crippen molar-refractivity contribution in [2.45, 2.75) is 19.8 Å². The van der Waals surface area contributed by atoms with Crippen molar-refractivity contribution >= 4 is 40.6 Å². The minimum absolute atomic E-state index is 0. The van der Waals surface area contributed by atoms with Crippen molar-refractivity contribution in [3.05, 3.63) is 65.2 Å². The van der Waals surface area contributed by atoms with Gasteiger partial charge in [0.1, 0.15) is 11.6 Å². The molecule has 0 aliphatic carbocycles. The van der Waals surface area contributed by atoms with E-state index in [0.29, 0.717) is 6.61 Å². The number of unbranched alkanes of at least 4 members (excludes halogenated alkanes) is 1. The molecule has 5 heteroatoms. The van der Waals surface area contributed by atoms with Crippen LogP contribution in [0.3, 0.4) is 0 Å². The maximum Gasteiger partial charge on any atom is 0.138 e. The number of amidine groups is 1. The highest BCUT2D eigenvalue weighted by atomic mass is 35.5. The summed E-state index contributed by atoms with van der Waals surface area (Å²) in [6, 6.07) is 18.6. The van der Waals surface area contributed by atoms with Crippen LogP contribution in [-0.2, 0) is 0 Å². The average Bonchev–Trinajstić information content (AvgIpc) is 3.23. The van der Waals surface area contributed by atoms with Gasteiger partial charge in [-0.2, -0.15) is 0 Å². The van der Waals surface area contributed by atoms with Crippen LogP contribution in [-0.4, -0.2) is 25.5 Å². The predicted octanol–water partition coefficient (Wildman–Crippen LogP) is 6.11. The fraction of sp³-hybridized carbons (Fsp3) is 0.261. The van der Waals surface area contributed by atoms with E-state index >= 15 is 0 Å². The third-order valence-electron chi connectivity index (χ3n) is 4.81. The third-order valence-corrected chi connectivity index (χ3v) is 5.06. The van der Waals surface area contributed by atoms with Crippen LogP contribution in [0.2, 0.25) is 5.02 Å². The van der Waals surface area contributed by atoms with Crippen LogP contribution in [0, 0.1) is 0 Å². The van der Waals surface area contributed by atoms with E-state index in [1.54, 1.807) is 0 Å².